The smallest absolute Gasteiger partial charge is 0.332 e. The average molecular weight is 319 g/mol. The molecule has 1 unspecified atom stereocenters. The Morgan fingerprint density at radius 1 is 1.39 bits per heavy atom. The van der Waals surface area contributed by atoms with Crippen LogP contribution < -0.4 is 21.9 Å². The number of nitrogens with zero attached hydrogens (tertiary/aromatic N) is 3. The molecule has 1 saturated heterocycles. The van der Waals surface area contributed by atoms with E-state index in [2.05, 4.69) is 15.6 Å². The van der Waals surface area contributed by atoms with Gasteiger partial charge in [0.2, 0.25) is 5.91 Å². The third-order valence-electron chi connectivity index (χ3n) is 3.80. The molecule has 2 aromatic heterocycles. The number of aromatic nitrogens is 3. The molecule has 2 aromatic rings. The first-order valence-corrected chi connectivity index (χ1v) is 7.17. The quantitative estimate of drug-likeness (QED) is 0.702. The van der Waals surface area contributed by atoms with E-state index in [0.717, 1.165) is 4.57 Å². The van der Waals surface area contributed by atoms with Crippen molar-refractivity contribution >= 4 is 22.6 Å². The van der Waals surface area contributed by atoms with Gasteiger partial charge in [-0.05, 0) is 6.07 Å². The molecular weight excluding hydrogens is 302 g/mol. The number of aryl methyl sites for hydroxylation is 1. The van der Waals surface area contributed by atoms with Crippen LogP contribution >= 0.6 is 0 Å². The Kier molecular flexibility index (Phi) is 3.97. The number of carbonyl (C=O) groups excluding carboxylic acids is 1. The number of anilines is 1. The minimum absolute atomic E-state index is 0.257. The van der Waals surface area contributed by atoms with Gasteiger partial charge in [0.25, 0.3) is 5.56 Å². The first kappa shape index (κ1) is 15.4. The number of ether oxygens (including phenoxy) is 1. The van der Waals surface area contributed by atoms with Gasteiger partial charge in [-0.25, -0.2) is 9.78 Å². The molecule has 0 spiro atoms. The van der Waals surface area contributed by atoms with Crippen LogP contribution in [-0.2, 0) is 23.6 Å². The third-order valence-corrected chi connectivity index (χ3v) is 3.80. The lowest BCUT2D eigenvalue weighted by molar-refractivity contribution is -0.120. The van der Waals surface area contributed by atoms with E-state index < -0.39 is 17.3 Å². The molecule has 23 heavy (non-hydrogen) atoms. The van der Waals surface area contributed by atoms with Crippen LogP contribution in [0.1, 0.15) is 0 Å². The van der Waals surface area contributed by atoms with Crippen molar-refractivity contribution in [2.75, 3.05) is 25.1 Å². The lowest BCUT2D eigenvalue weighted by Crippen LogP contribution is -2.48. The van der Waals surface area contributed by atoms with Gasteiger partial charge in [0.05, 0.1) is 30.5 Å². The van der Waals surface area contributed by atoms with Crippen LogP contribution in [0.15, 0.2) is 21.9 Å². The molecule has 1 amide bonds. The van der Waals surface area contributed by atoms with Gasteiger partial charge in [-0.3, -0.25) is 18.7 Å². The van der Waals surface area contributed by atoms with Gasteiger partial charge in [-0.2, -0.15) is 0 Å². The molecule has 0 saturated carbocycles. The molecule has 3 heterocycles. The fourth-order valence-electron chi connectivity index (χ4n) is 2.50. The summed E-state index contributed by atoms with van der Waals surface area (Å²) in [5.74, 6) is -0.257. The zero-order chi connectivity index (χ0) is 16.6. The van der Waals surface area contributed by atoms with Crippen LogP contribution in [-0.4, -0.2) is 45.8 Å². The zero-order valence-electron chi connectivity index (χ0n) is 12.8. The Hall–Kier alpha value is -2.52. The van der Waals surface area contributed by atoms with Gasteiger partial charge < -0.3 is 15.4 Å². The maximum Gasteiger partial charge on any atom is 0.332 e. The van der Waals surface area contributed by atoms with E-state index in [-0.39, 0.29) is 16.9 Å². The number of hydrogen-bond donors (Lipinski definition) is 2. The Balaban J connectivity index is 1.95. The summed E-state index contributed by atoms with van der Waals surface area (Å²) >= 11 is 0. The van der Waals surface area contributed by atoms with Crippen LogP contribution in [0.5, 0.6) is 0 Å². The number of fused-ring (bicyclic) bond motifs is 1. The van der Waals surface area contributed by atoms with E-state index in [1.807, 2.05) is 0 Å². The standard InChI is InChI=1S/C14H17N5O4/c1-18-11-9(13(21)19(2)14(18)22)5-8(6-16-11)17-12(20)10-7-23-4-3-15-10/h5-6,10,15H,3-4,7H2,1-2H3,(H,17,20). The molecule has 1 fully saturated rings. The normalized spacial score (nSPS) is 18.1. The average Bonchev–Trinajstić information content (AvgIpc) is 2.58. The van der Waals surface area contributed by atoms with Crippen LogP contribution in [0, 0.1) is 0 Å². The van der Waals surface area contributed by atoms with E-state index in [9.17, 15) is 14.4 Å². The number of hydrogen-bond acceptors (Lipinski definition) is 6. The van der Waals surface area contributed by atoms with Gasteiger partial charge >= 0.3 is 5.69 Å². The molecule has 1 atom stereocenters. The lowest BCUT2D eigenvalue weighted by Gasteiger charge is -2.22. The zero-order valence-corrected chi connectivity index (χ0v) is 12.8. The van der Waals surface area contributed by atoms with Crippen LogP contribution in [0.25, 0.3) is 11.0 Å². The fourth-order valence-corrected chi connectivity index (χ4v) is 2.50. The second-order valence-corrected chi connectivity index (χ2v) is 5.37. The topological polar surface area (TPSA) is 107 Å². The summed E-state index contributed by atoms with van der Waals surface area (Å²) < 4.78 is 7.54. The molecule has 3 rings (SSSR count). The van der Waals surface area contributed by atoms with Gasteiger partial charge in [0, 0.05) is 20.6 Å². The van der Waals surface area contributed by atoms with Gasteiger partial charge in [-0.15, -0.1) is 0 Å². The van der Waals surface area contributed by atoms with Crippen molar-refractivity contribution in [1.82, 2.24) is 19.4 Å². The second-order valence-electron chi connectivity index (χ2n) is 5.37. The molecular formula is C14H17N5O4. The molecule has 0 aliphatic carbocycles. The Morgan fingerprint density at radius 2 is 2.17 bits per heavy atom. The molecule has 2 N–H and O–H groups in total. The maximum absolute atomic E-state index is 12.2. The summed E-state index contributed by atoms with van der Waals surface area (Å²) in [5, 5.41) is 6.01. The van der Waals surface area contributed by atoms with Gasteiger partial charge in [0.15, 0.2) is 0 Å². The van der Waals surface area contributed by atoms with Crippen molar-refractivity contribution < 1.29 is 9.53 Å². The molecule has 9 nitrogen and oxygen atoms in total. The van der Waals surface area contributed by atoms with Crippen molar-refractivity contribution in [2.24, 2.45) is 14.1 Å². The summed E-state index contributed by atoms with van der Waals surface area (Å²) in [6.45, 7) is 1.48. The predicted molar refractivity (Wildman–Crippen MR) is 83.5 cm³/mol. The Morgan fingerprint density at radius 3 is 2.87 bits per heavy atom. The van der Waals surface area contributed by atoms with Crippen molar-refractivity contribution in [2.45, 2.75) is 6.04 Å². The number of rotatable bonds is 2. The minimum Gasteiger partial charge on any atom is -0.378 e. The summed E-state index contributed by atoms with van der Waals surface area (Å²) in [5.41, 5.74) is -0.234. The fraction of sp³-hybridized carbons (Fsp3) is 0.429. The minimum atomic E-state index is -0.453. The summed E-state index contributed by atoms with van der Waals surface area (Å²) in [6.07, 6.45) is 1.42. The van der Waals surface area contributed by atoms with Crippen LogP contribution in [0.2, 0.25) is 0 Å². The van der Waals surface area contributed by atoms with Crippen LogP contribution in [0.3, 0.4) is 0 Å². The highest BCUT2D eigenvalue weighted by molar-refractivity contribution is 5.96. The SMILES string of the molecule is Cn1c(=O)c2cc(NC(=O)C3COCCN3)cnc2n(C)c1=O. The highest BCUT2D eigenvalue weighted by Crippen LogP contribution is 2.12. The second kappa shape index (κ2) is 5.94. The molecule has 1 aliphatic heterocycles. The summed E-state index contributed by atoms with van der Waals surface area (Å²) in [6, 6.07) is 1.08. The van der Waals surface area contributed by atoms with Crippen molar-refractivity contribution in [3.8, 4) is 0 Å². The van der Waals surface area contributed by atoms with Crippen LogP contribution in [0.4, 0.5) is 5.69 Å². The lowest BCUT2D eigenvalue weighted by atomic mass is 10.2. The van der Waals surface area contributed by atoms with E-state index in [1.165, 1.54) is 23.9 Å². The molecule has 0 aromatic carbocycles. The highest BCUT2D eigenvalue weighted by atomic mass is 16.5. The van der Waals surface area contributed by atoms with Gasteiger partial charge in [0.1, 0.15) is 11.7 Å². The molecule has 9 heteroatoms. The molecule has 1 aliphatic rings. The van der Waals surface area contributed by atoms with E-state index in [0.29, 0.717) is 25.4 Å². The highest BCUT2D eigenvalue weighted by Gasteiger charge is 2.21. The number of morpholine rings is 1. The molecule has 0 radical (unpaired) electrons. The van der Waals surface area contributed by atoms with Gasteiger partial charge in [-0.1, -0.05) is 0 Å². The predicted octanol–water partition coefficient (Wildman–Crippen LogP) is -1.44. The van der Waals surface area contributed by atoms with E-state index in [4.69, 9.17) is 4.74 Å². The first-order valence-electron chi connectivity index (χ1n) is 7.17. The first-order chi connectivity index (χ1) is 11.0. The number of pyridine rings is 1. The van der Waals surface area contributed by atoms with E-state index in [1.54, 1.807) is 7.05 Å². The van der Waals surface area contributed by atoms with Crippen molar-refractivity contribution in [3.05, 3.63) is 33.1 Å². The Labute approximate surface area is 130 Å². The largest absolute Gasteiger partial charge is 0.378 e. The molecule has 0 bridgehead atoms. The van der Waals surface area contributed by atoms with Crippen molar-refractivity contribution in [1.29, 1.82) is 0 Å². The van der Waals surface area contributed by atoms with E-state index >= 15 is 0 Å². The number of amides is 1. The summed E-state index contributed by atoms with van der Waals surface area (Å²) in [7, 11) is 2.94. The molecule has 122 valence electrons. The monoisotopic (exact) mass is 319 g/mol. The third kappa shape index (κ3) is 2.76. The Bertz CT molecular complexity index is 879. The number of nitrogens with one attached hydrogen (secondary N) is 2. The van der Waals surface area contributed by atoms with Crippen molar-refractivity contribution in [3.63, 3.8) is 0 Å². The summed E-state index contributed by atoms with van der Waals surface area (Å²) in [4.78, 5) is 40.4. The maximum atomic E-state index is 12.2. The number of carbonyl (C=O) groups is 1.